The Labute approximate surface area is 144 Å². The van der Waals surface area contributed by atoms with Crippen LogP contribution in [-0.4, -0.2) is 5.78 Å². The van der Waals surface area contributed by atoms with Crippen LogP contribution in [-0.2, 0) is 0 Å². The predicted octanol–water partition coefficient (Wildman–Crippen LogP) is 4.76. The van der Waals surface area contributed by atoms with E-state index in [0.29, 0.717) is 11.5 Å². The van der Waals surface area contributed by atoms with Crippen LogP contribution in [0.2, 0.25) is 0 Å². The first-order valence-corrected chi connectivity index (χ1v) is 8.74. The molecule has 1 spiro atoms. The molecule has 0 aromatic heterocycles. The molecule has 2 saturated carbocycles. The molecule has 124 valence electrons. The fourth-order valence-electron chi connectivity index (χ4n) is 4.90. The van der Waals surface area contributed by atoms with Crippen LogP contribution in [0, 0.1) is 50.7 Å². The molecular weight excluding hydrogens is 296 g/mol. The van der Waals surface area contributed by atoms with E-state index in [9.17, 15) is 15.3 Å². The van der Waals surface area contributed by atoms with Gasteiger partial charge < -0.3 is 0 Å². The van der Waals surface area contributed by atoms with Gasteiger partial charge in [0.15, 0.2) is 5.78 Å². The molecule has 3 heteroatoms. The summed E-state index contributed by atoms with van der Waals surface area (Å²) in [5.41, 5.74) is -0.803. The Morgan fingerprint density at radius 3 is 2.17 bits per heavy atom. The zero-order valence-electron chi connectivity index (χ0n) is 14.7. The summed E-state index contributed by atoms with van der Waals surface area (Å²) in [5, 5.41) is 19.6. The number of ketones is 1. The maximum atomic E-state index is 13.1. The minimum absolute atomic E-state index is 0.161. The maximum absolute atomic E-state index is 13.1. The van der Waals surface area contributed by atoms with E-state index in [1.807, 2.05) is 18.2 Å². The van der Waals surface area contributed by atoms with E-state index in [-0.39, 0.29) is 11.2 Å². The fraction of sp³-hybridized carbons (Fsp3) is 0.571. The van der Waals surface area contributed by atoms with E-state index >= 15 is 0 Å². The molecule has 0 saturated heterocycles. The van der Waals surface area contributed by atoms with Gasteiger partial charge in [-0.2, -0.15) is 10.5 Å². The number of hydrogen-bond acceptors (Lipinski definition) is 3. The van der Waals surface area contributed by atoms with Gasteiger partial charge in [-0.1, -0.05) is 51.1 Å². The smallest absolute Gasteiger partial charge is 0.185 e. The predicted molar refractivity (Wildman–Crippen MR) is 91.8 cm³/mol. The van der Waals surface area contributed by atoms with Crippen molar-refractivity contribution in [1.29, 1.82) is 10.5 Å². The van der Waals surface area contributed by atoms with Crippen molar-refractivity contribution in [2.75, 3.05) is 0 Å². The van der Waals surface area contributed by atoms with Crippen LogP contribution >= 0.6 is 0 Å². The van der Waals surface area contributed by atoms with Crippen molar-refractivity contribution < 1.29 is 4.79 Å². The molecule has 2 aliphatic carbocycles. The summed E-state index contributed by atoms with van der Waals surface area (Å²) >= 11 is 0. The number of nitriles is 2. The average molecular weight is 320 g/mol. The number of Topliss-reactive ketones (excluding diaryl/α,β-unsaturated/α-hetero) is 1. The molecule has 0 radical (unpaired) electrons. The molecular formula is C21H24N2O. The molecule has 3 nitrogen and oxygen atoms in total. The van der Waals surface area contributed by atoms with Gasteiger partial charge in [-0.25, -0.2) is 0 Å². The van der Waals surface area contributed by atoms with Crippen molar-refractivity contribution in [1.82, 2.24) is 0 Å². The van der Waals surface area contributed by atoms with Gasteiger partial charge in [-0.05, 0) is 37.0 Å². The maximum Gasteiger partial charge on any atom is 0.185 e. The number of benzene rings is 1. The Bertz CT molecular complexity index is 724. The molecule has 0 amide bonds. The summed E-state index contributed by atoms with van der Waals surface area (Å²) in [7, 11) is 0. The summed E-state index contributed by atoms with van der Waals surface area (Å²) in [6, 6.07) is 13.6. The molecule has 1 aromatic rings. The monoisotopic (exact) mass is 320 g/mol. The Morgan fingerprint density at radius 1 is 1.12 bits per heavy atom. The molecule has 2 fully saturated rings. The number of carbonyl (C=O) groups is 1. The van der Waals surface area contributed by atoms with Gasteiger partial charge in [-0.15, -0.1) is 0 Å². The van der Waals surface area contributed by atoms with Gasteiger partial charge in [-0.3, -0.25) is 4.79 Å². The van der Waals surface area contributed by atoms with E-state index in [1.54, 1.807) is 12.1 Å². The molecule has 0 bridgehead atoms. The van der Waals surface area contributed by atoms with Crippen molar-refractivity contribution in [3.63, 3.8) is 0 Å². The molecule has 0 unspecified atom stereocenters. The number of nitrogens with zero attached hydrogens (tertiary/aromatic N) is 2. The summed E-state index contributed by atoms with van der Waals surface area (Å²) in [4.78, 5) is 13.1. The van der Waals surface area contributed by atoms with E-state index in [0.717, 1.165) is 25.7 Å². The highest BCUT2D eigenvalue weighted by molar-refractivity contribution is 6.06. The normalized spacial score (nSPS) is 35.0. The fourth-order valence-corrected chi connectivity index (χ4v) is 4.90. The molecule has 1 aromatic carbocycles. The van der Waals surface area contributed by atoms with Crippen LogP contribution in [0.15, 0.2) is 30.3 Å². The van der Waals surface area contributed by atoms with E-state index in [2.05, 4.69) is 32.9 Å². The van der Waals surface area contributed by atoms with Crippen LogP contribution in [0.1, 0.15) is 56.8 Å². The minimum Gasteiger partial charge on any atom is -0.292 e. The Kier molecular flexibility index (Phi) is 3.80. The third-order valence-electron chi connectivity index (χ3n) is 6.49. The molecule has 2 atom stereocenters. The first-order valence-electron chi connectivity index (χ1n) is 8.74. The third-order valence-corrected chi connectivity index (χ3v) is 6.49. The number of rotatable bonds is 2. The van der Waals surface area contributed by atoms with E-state index < -0.39 is 16.7 Å². The highest BCUT2D eigenvalue weighted by Crippen LogP contribution is 2.76. The molecule has 3 rings (SSSR count). The largest absolute Gasteiger partial charge is 0.292 e. The second kappa shape index (κ2) is 5.45. The lowest BCUT2D eigenvalue weighted by Gasteiger charge is -2.38. The van der Waals surface area contributed by atoms with Gasteiger partial charge >= 0.3 is 0 Å². The van der Waals surface area contributed by atoms with E-state index in [1.165, 1.54) is 0 Å². The van der Waals surface area contributed by atoms with Crippen LogP contribution in [0.3, 0.4) is 0 Å². The highest BCUT2D eigenvalue weighted by atomic mass is 16.1. The lowest BCUT2D eigenvalue weighted by Crippen LogP contribution is -2.31. The second-order valence-electron chi connectivity index (χ2n) is 8.47. The third kappa shape index (κ3) is 2.11. The minimum atomic E-state index is -1.15. The van der Waals surface area contributed by atoms with Crippen molar-refractivity contribution in [3.05, 3.63) is 35.9 Å². The average Bonchev–Trinajstić information content (AvgIpc) is 3.14. The van der Waals surface area contributed by atoms with Gasteiger partial charge in [0.25, 0.3) is 0 Å². The van der Waals surface area contributed by atoms with Gasteiger partial charge in [0.2, 0.25) is 0 Å². The summed E-state index contributed by atoms with van der Waals surface area (Å²) in [5.74, 6) is -0.0405. The number of carbonyl (C=O) groups excluding carboxylic acids is 1. The first-order chi connectivity index (χ1) is 11.3. The lowest BCUT2D eigenvalue weighted by atomic mass is 9.66. The Hall–Kier alpha value is -2.13. The lowest BCUT2D eigenvalue weighted by molar-refractivity contribution is 0.0844. The summed E-state index contributed by atoms with van der Waals surface area (Å²) in [6.45, 7) is 6.74. The van der Waals surface area contributed by atoms with Crippen molar-refractivity contribution in [3.8, 4) is 12.1 Å². The Balaban J connectivity index is 1.92. The van der Waals surface area contributed by atoms with Crippen molar-refractivity contribution in [2.45, 2.75) is 46.5 Å². The van der Waals surface area contributed by atoms with Crippen molar-refractivity contribution in [2.24, 2.45) is 28.1 Å². The van der Waals surface area contributed by atoms with Gasteiger partial charge in [0.05, 0.1) is 18.1 Å². The highest BCUT2D eigenvalue weighted by Gasteiger charge is 2.81. The van der Waals surface area contributed by atoms with Crippen LogP contribution in [0.4, 0.5) is 0 Å². The topological polar surface area (TPSA) is 64.7 Å². The molecule has 2 aliphatic rings. The molecule has 0 N–H and O–H groups in total. The van der Waals surface area contributed by atoms with Gasteiger partial charge in [0.1, 0.15) is 5.41 Å². The Morgan fingerprint density at radius 2 is 1.71 bits per heavy atom. The zero-order chi connectivity index (χ0) is 17.6. The first kappa shape index (κ1) is 16.7. The molecule has 0 aliphatic heterocycles. The standard InChI is InChI=1S/C21H24N2O/c1-19(2,3)16-9-11-20(12-10-16)17(13-22)21(20,14-23)18(24)15-7-5-4-6-8-15/h4-8,16-17H,9-12H2,1-3H3/t16?,17-,20?,21-/m1/s1. The molecule has 24 heavy (non-hydrogen) atoms. The SMILES string of the molecule is CC(C)(C)C1CCC2(CC1)[C@@H](C#N)[C@]2(C#N)C(=O)c1ccccc1. The summed E-state index contributed by atoms with van der Waals surface area (Å²) < 4.78 is 0. The van der Waals surface area contributed by atoms with Crippen LogP contribution < -0.4 is 0 Å². The zero-order valence-corrected chi connectivity index (χ0v) is 14.7. The van der Waals surface area contributed by atoms with Gasteiger partial charge in [0, 0.05) is 11.0 Å². The van der Waals surface area contributed by atoms with Crippen LogP contribution in [0.25, 0.3) is 0 Å². The second-order valence-corrected chi connectivity index (χ2v) is 8.47. The van der Waals surface area contributed by atoms with Crippen molar-refractivity contribution >= 4 is 5.78 Å². The van der Waals surface area contributed by atoms with E-state index in [4.69, 9.17) is 0 Å². The number of hydrogen-bond donors (Lipinski definition) is 0. The summed E-state index contributed by atoms with van der Waals surface area (Å²) in [6.07, 6.45) is 3.60. The quantitative estimate of drug-likeness (QED) is 0.738. The molecule has 0 heterocycles. The van der Waals surface area contributed by atoms with Crippen LogP contribution in [0.5, 0.6) is 0 Å².